The summed E-state index contributed by atoms with van der Waals surface area (Å²) in [5.41, 5.74) is 0. The van der Waals surface area contributed by atoms with Crippen LogP contribution in [0.3, 0.4) is 0 Å². The Balaban J connectivity index is 1.96. The minimum Gasteiger partial charge on any atom is -0.383 e. The van der Waals surface area contributed by atoms with Crippen molar-refractivity contribution in [1.82, 2.24) is 19.4 Å². The molecule has 1 saturated heterocycles. The molecule has 2 heterocycles. The molecule has 2 rings (SSSR count). The van der Waals surface area contributed by atoms with Gasteiger partial charge in [-0.1, -0.05) is 13.3 Å². The van der Waals surface area contributed by atoms with Crippen molar-refractivity contribution in [2.45, 2.75) is 38.9 Å². The molecule has 1 fully saturated rings. The van der Waals surface area contributed by atoms with Gasteiger partial charge in [-0.15, -0.1) is 0 Å². The molecule has 2 atom stereocenters. The van der Waals surface area contributed by atoms with Gasteiger partial charge in [0.25, 0.3) is 0 Å². The van der Waals surface area contributed by atoms with Gasteiger partial charge >= 0.3 is 0 Å². The summed E-state index contributed by atoms with van der Waals surface area (Å²) in [6.45, 7) is 7.19. The van der Waals surface area contributed by atoms with Crippen LogP contribution in [0.15, 0.2) is 12.4 Å². The van der Waals surface area contributed by atoms with E-state index in [0.29, 0.717) is 6.04 Å². The Kier molecular flexibility index (Phi) is 6.21. The number of aromatic nitrogens is 2. The van der Waals surface area contributed by atoms with E-state index in [1.165, 1.54) is 19.4 Å². The first kappa shape index (κ1) is 16.5. The van der Waals surface area contributed by atoms with Crippen molar-refractivity contribution < 1.29 is 4.74 Å². The zero-order valence-electron chi connectivity index (χ0n) is 14.0. The van der Waals surface area contributed by atoms with Gasteiger partial charge in [0.1, 0.15) is 5.82 Å². The highest BCUT2D eigenvalue weighted by molar-refractivity contribution is 4.96. The van der Waals surface area contributed by atoms with Crippen molar-refractivity contribution in [1.29, 1.82) is 0 Å². The zero-order valence-corrected chi connectivity index (χ0v) is 14.0. The largest absolute Gasteiger partial charge is 0.383 e. The molecule has 5 heteroatoms. The van der Waals surface area contributed by atoms with Crippen molar-refractivity contribution in [2.24, 2.45) is 5.92 Å². The third kappa shape index (κ3) is 4.28. The Morgan fingerprint density at radius 2 is 2.19 bits per heavy atom. The van der Waals surface area contributed by atoms with Crippen LogP contribution in [-0.4, -0.2) is 66.3 Å². The minimum absolute atomic E-state index is 0.673. The van der Waals surface area contributed by atoms with E-state index in [9.17, 15) is 0 Å². The lowest BCUT2D eigenvalue weighted by atomic mass is 9.98. The normalized spacial score (nSPS) is 23.3. The van der Waals surface area contributed by atoms with E-state index in [0.717, 1.165) is 38.0 Å². The molecule has 1 aliphatic heterocycles. The number of nitrogens with zero attached hydrogens (tertiary/aromatic N) is 4. The van der Waals surface area contributed by atoms with Crippen LogP contribution in [0, 0.1) is 5.92 Å². The standard InChI is InChI=1S/C16H30N4O/c1-5-6-14-11-19(12-15(14)18(2)3)13-16-17-7-8-20(16)9-10-21-4/h7-8,14-15H,5-6,9-13H2,1-4H3/t14-,15-/m0/s1. The molecule has 0 aromatic carbocycles. The summed E-state index contributed by atoms with van der Waals surface area (Å²) in [6, 6.07) is 0.673. The molecule has 5 nitrogen and oxygen atoms in total. The van der Waals surface area contributed by atoms with Crippen molar-refractivity contribution in [3.05, 3.63) is 18.2 Å². The molecular formula is C16H30N4O. The van der Waals surface area contributed by atoms with Gasteiger partial charge in [-0.3, -0.25) is 4.90 Å². The highest BCUT2D eigenvalue weighted by atomic mass is 16.5. The molecule has 0 spiro atoms. The molecule has 0 radical (unpaired) electrons. The highest BCUT2D eigenvalue weighted by Crippen LogP contribution is 2.25. The first-order valence-electron chi connectivity index (χ1n) is 8.03. The maximum absolute atomic E-state index is 5.17. The SMILES string of the molecule is CCC[C@H]1CN(Cc2nccn2CCOC)C[C@@H]1N(C)C. The van der Waals surface area contributed by atoms with Crippen LogP contribution in [0.5, 0.6) is 0 Å². The Labute approximate surface area is 128 Å². The van der Waals surface area contributed by atoms with Crippen molar-refractivity contribution in [2.75, 3.05) is 40.9 Å². The van der Waals surface area contributed by atoms with E-state index in [1.807, 2.05) is 6.20 Å². The summed E-state index contributed by atoms with van der Waals surface area (Å²) in [4.78, 5) is 9.46. The zero-order chi connectivity index (χ0) is 15.2. The second kappa shape index (κ2) is 7.92. The first-order valence-corrected chi connectivity index (χ1v) is 8.03. The Hall–Kier alpha value is -0.910. The molecule has 0 N–H and O–H groups in total. The predicted molar refractivity (Wildman–Crippen MR) is 85.3 cm³/mol. The summed E-state index contributed by atoms with van der Waals surface area (Å²) >= 11 is 0. The second-order valence-corrected chi connectivity index (χ2v) is 6.30. The van der Waals surface area contributed by atoms with Gasteiger partial charge in [0.05, 0.1) is 13.2 Å². The molecule has 0 saturated carbocycles. The van der Waals surface area contributed by atoms with Crippen LogP contribution < -0.4 is 0 Å². The average Bonchev–Trinajstić information content (AvgIpc) is 3.04. The van der Waals surface area contributed by atoms with Crippen molar-refractivity contribution in [3.63, 3.8) is 0 Å². The lowest BCUT2D eigenvalue weighted by molar-refractivity contribution is 0.184. The van der Waals surface area contributed by atoms with Crippen LogP contribution >= 0.6 is 0 Å². The van der Waals surface area contributed by atoms with Gasteiger partial charge in [0.2, 0.25) is 0 Å². The van der Waals surface area contributed by atoms with E-state index in [2.05, 4.69) is 46.6 Å². The smallest absolute Gasteiger partial charge is 0.122 e. The van der Waals surface area contributed by atoms with E-state index in [4.69, 9.17) is 4.74 Å². The fraction of sp³-hybridized carbons (Fsp3) is 0.812. The molecule has 0 aliphatic carbocycles. The molecule has 120 valence electrons. The van der Waals surface area contributed by atoms with Gasteiger partial charge in [-0.2, -0.15) is 0 Å². The summed E-state index contributed by atoms with van der Waals surface area (Å²) in [5.74, 6) is 1.94. The van der Waals surface area contributed by atoms with Crippen LogP contribution in [0.4, 0.5) is 0 Å². The van der Waals surface area contributed by atoms with E-state index < -0.39 is 0 Å². The molecule has 0 unspecified atom stereocenters. The third-order valence-corrected chi connectivity index (χ3v) is 4.51. The first-order chi connectivity index (χ1) is 10.2. The van der Waals surface area contributed by atoms with E-state index >= 15 is 0 Å². The van der Waals surface area contributed by atoms with Gasteiger partial charge in [-0.25, -0.2) is 4.98 Å². The van der Waals surface area contributed by atoms with E-state index in [-0.39, 0.29) is 0 Å². The number of likely N-dealkylation sites (tertiary alicyclic amines) is 1. The molecular weight excluding hydrogens is 264 g/mol. The number of likely N-dealkylation sites (N-methyl/N-ethyl adjacent to an activating group) is 1. The number of rotatable bonds is 8. The van der Waals surface area contributed by atoms with Gasteiger partial charge in [0, 0.05) is 45.2 Å². The fourth-order valence-electron chi connectivity index (χ4n) is 3.39. The number of ether oxygens (including phenoxy) is 1. The number of methoxy groups -OCH3 is 1. The molecule has 1 aromatic heterocycles. The van der Waals surface area contributed by atoms with Crippen LogP contribution in [0.2, 0.25) is 0 Å². The van der Waals surface area contributed by atoms with E-state index in [1.54, 1.807) is 7.11 Å². The molecule has 0 amide bonds. The summed E-state index contributed by atoms with van der Waals surface area (Å²) in [7, 11) is 6.15. The monoisotopic (exact) mass is 294 g/mol. The Morgan fingerprint density at radius 1 is 1.38 bits per heavy atom. The molecule has 1 aromatic rings. The molecule has 1 aliphatic rings. The van der Waals surface area contributed by atoms with Crippen LogP contribution in [0.1, 0.15) is 25.6 Å². The maximum atomic E-state index is 5.17. The van der Waals surface area contributed by atoms with Crippen molar-refractivity contribution >= 4 is 0 Å². The van der Waals surface area contributed by atoms with Gasteiger partial charge in [-0.05, 0) is 26.4 Å². The third-order valence-electron chi connectivity index (χ3n) is 4.51. The lowest BCUT2D eigenvalue weighted by Gasteiger charge is -2.24. The van der Waals surface area contributed by atoms with Gasteiger partial charge < -0.3 is 14.2 Å². The van der Waals surface area contributed by atoms with Gasteiger partial charge in [0.15, 0.2) is 0 Å². The molecule has 0 bridgehead atoms. The van der Waals surface area contributed by atoms with Crippen molar-refractivity contribution in [3.8, 4) is 0 Å². The van der Waals surface area contributed by atoms with Crippen LogP contribution in [-0.2, 0) is 17.8 Å². The number of hydrogen-bond donors (Lipinski definition) is 0. The summed E-state index contributed by atoms with van der Waals surface area (Å²) in [6.07, 6.45) is 6.54. The maximum Gasteiger partial charge on any atom is 0.122 e. The fourth-order valence-corrected chi connectivity index (χ4v) is 3.39. The number of hydrogen-bond acceptors (Lipinski definition) is 4. The second-order valence-electron chi connectivity index (χ2n) is 6.30. The Morgan fingerprint density at radius 3 is 2.86 bits per heavy atom. The lowest BCUT2D eigenvalue weighted by Crippen LogP contribution is -2.35. The summed E-state index contributed by atoms with van der Waals surface area (Å²) < 4.78 is 7.38. The highest BCUT2D eigenvalue weighted by Gasteiger charge is 2.33. The van der Waals surface area contributed by atoms with Crippen LogP contribution in [0.25, 0.3) is 0 Å². The molecule has 21 heavy (non-hydrogen) atoms. The Bertz CT molecular complexity index is 418. The number of imidazole rings is 1. The quantitative estimate of drug-likeness (QED) is 0.730. The minimum atomic E-state index is 0.673. The predicted octanol–water partition coefficient (Wildman–Crippen LogP) is 1.69. The summed E-state index contributed by atoms with van der Waals surface area (Å²) in [5, 5.41) is 0. The topological polar surface area (TPSA) is 33.5 Å². The average molecular weight is 294 g/mol.